The average molecular weight is 443 g/mol. The van der Waals surface area contributed by atoms with Crippen LogP contribution in [0, 0.1) is 0 Å². The third-order valence-corrected chi connectivity index (χ3v) is 5.79. The molecule has 182 valence electrons. The van der Waals surface area contributed by atoms with E-state index in [9.17, 15) is 10.2 Å². The summed E-state index contributed by atoms with van der Waals surface area (Å²) >= 11 is 0. The first-order chi connectivity index (χ1) is 13.2. The Hall–Kier alpha value is -1.96. The summed E-state index contributed by atoms with van der Waals surface area (Å²) in [6.07, 6.45) is 0. The van der Waals surface area contributed by atoms with Gasteiger partial charge in [0.25, 0.3) is 0 Å². The van der Waals surface area contributed by atoms with Crippen LogP contribution in [0.1, 0.15) is 120 Å². The fraction of sp³-hybridized carbons (Fsp3) is 0.600. The molecule has 0 saturated heterocycles. The Kier molecular flexibility index (Phi) is 8.56. The zero-order valence-corrected chi connectivity index (χ0v) is 21.2. The van der Waals surface area contributed by atoms with Gasteiger partial charge in [-0.15, -0.1) is 0 Å². The zero-order chi connectivity index (χ0) is 23.4. The van der Waals surface area contributed by atoms with E-state index in [1.165, 1.54) is 0 Å². The molecule has 0 radical (unpaired) electrons. The van der Waals surface area contributed by atoms with Gasteiger partial charge in [0, 0.05) is 22.3 Å². The topological polar surface area (TPSA) is 40.5 Å². The zero-order valence-electron chi connectivity index (χ0n) is 21.2. The van der Waals surface area contributed by atoms with Crippen molar-refractivity contribution in [3.8, 4) is 22.6 Å². The first-order valence-corrected chi connectivity index (χ1v) is 11.0. The van der Waals surface area contributed by atoms with E-state index in [0.717, 1.165) is 33.4 Å². The van der Waals surface area contributed by atoms with E-state index in [1.807, 2.05) is 0 Å². The summed E-state index contributed by atoms with van der Waals surface area (Å²) in [7, 11) is 0. The first kappa shape index (κ1) is 30.0. The molecule has 32 heavy (non-hydrogen) atoms. The monoisotopic (exact) mass is 442 g/mol. The molecular formula is C30H50O2. The van der Waals surface area contributed by atoms with Crippen molar-refractivity contribution in [2.45, 2.75) is 120 Å². The summed E-state index contributed by atoms with van der Waals surface area (Å²) in [6.45, 7) is 25.6. The number of aromatic hydroxyl groups is 2. The van der Waals surface area contributed by atoms with Gasteiger partial charge in [-0.25, -0.2) is 0 Å². The van der Waals surface area contributed by atoms with Gasteiger partial charge >= 0.3 is 0 Å². The highest BCUT2D eigenvalue weighted by atomic mass is 16.3. The van der Waals surface area contributed by atoms with Crippen LogP contribution in [0.15, 0.2) is 24.3 Å². The Balaban J connectivity index is 0.00000480. The number of phenolic OH excluding ortho intramolecular Hbond substituents is 2. The van der Waals surface area contributed by atoms with Crippen molar-refractivity contribution in [2.75, 3.05) is 0 Å². The van der Waals surface area contributed by atoms with E-state index in [1.54, 1.807) is 0 Å². The smallest absolute Gasteiger partial charge is 0.123 e. The van der Waals surface area contributed by atoms with E-state index in [2.05, 4.69) is 107 Å². The van der Waals surface area contributed by atoms with Gasteiger partial charge in [0.1, 0.15) is 11.5 Å². The lowest BCUT2D eigenvalue weighted by molar-refractivity contribution is 0.422. The van der Waals surface area contributed by atoms with Crippen LogP contribution in [0.4, 0.5) is 0 Å². The van der Waals surface area contributed by atoms with Crippen molar-refractivity contribution < 1.29 is 10.2 Å². The highest BCUT2D eigenvalue weighted by Gasteiger charge is 2.29. The lowest BCUT2D eigenvalue weighted by Gasteiger charge is -2.30. The lowest BCUT2D eigenvalue weighted by Crippen LogP contribution is -2.18. The van der Waals surface area contributed by atoms with Gasteiger partial charge in [-0.1, -0.05) is 97.9 Å². The maximum absolute atomic E-state index is 11.1. The first-order valence-electron chi connectivity index (χ1n) is 11.0. The number of phenols is 2. The van der Waals surface area contributed by atoms with Gasteiger partial charge in [-0.3, -0.25) is 0 Å². The summed E-state index contributed by atoms with van der Waals surface area (Å²) < 4.78 is 0. The van der Waals surface area contributed by atoms with Gasteiger partial charge in [-0.2, -0.15) is 0 Å². The minimum absolute atomic E-state index is 0. The quantitative estimate of drug-likeness (QED) is 0.462. The molecule has 0 amide bonds. The third kappa shape index (κ3) is 6.09. The number of rotatable bonds is 1. The molecule has 0 bridgehead atoms. The Morgan fingerprint density at radius 2 is 0.562 bits per heavy atom. The largest absolute Gasteiger partial charge is 0.507 e. The molecule has 2 aromatic carbocycles. The highest BCUT2D eigenvalue weighted by Crippen LogP contribution is 2.45. The molecule has 0 heterocycles. The fourth-order valence-electron chi connectivity index (χ4n) is 3.89. The van der Waals surface area contributed by atoms with Crippen LogP contribution in [-0.4, -0.2) is 10.2 Å². The van der Waals surface area contributed by atoms with Crippen LogP contribution < -0.4 is 0 Å². The predicted molar refractivity (Wildman–Crippen MR) is 143 cm³/mol. The summed E-state index contributed by atoms with van der Waals surface area (Å²) in [5.41, 5.74) is 5.23. The third-order valence-electron chi connectivity index (χ3n) is 5.79. The normalized spacial score (nSPS) is 12.8. The van der Waals surface area contributed by atoms with Crippen molar-refractivity contribution in [2.24, 2.45) is 0 Å². The molecule has 0 aliphatic carbocycles. The number of hydrogen-bond acceptors (Lipinski definition) is 2. The molecule has 0 aliphatic rings. The summed E-state index contributed by atoms with van der Waals surface area (Å²) in [6, 6.07) is 8.48. The minimum atomic E-state index is -0.184. The lowest BCUT2D eigenvalue weighted by atomic mass is 9.75. The molecule has 0 aromatic heterocycles. The fourth-order valence-corrected chi connectivity index (χ4v) is 3.89. The molecule has 2 N–H and O–H groups in total. The van der Waals surface area contributed by atoms with Crippen LogP contribution in [0.5, 0.6) is 11.5 Å². The van der Waals surface area contributed by atoms with E-state index in [4.69, 9.17) is 0 Å². The molecule has 0 spiro atoms. The van der Waals surface area contributed by atoms with Gasteiger partial charge in [0.2, 0.25) is 0 Å². The minimum Gasteiger partial charge on any atom is -0.507 e. The highest BCUT2D eigenvalue weighted by molar-refractivity contribution is 5.72. The molecule has 2 aromatic rings. The number of hydrogen-bond donors (Lipinski definition) is 2. The van der Waals surface area contributed by atoms with Crippen LogP contribution in [0.25, 0.3) is 11.1 Å². The Labute approximate surface area is 199 Å². The molecule has 0 unspecified atom stereocenters. The Bertz CT molecular complexity index is 787. The second-order valence-electron chi connectivity index (χ2n) is 12.8. The summed E-state index contributed by atoms with van der Waals surface area (Å²) in [5.74, 6) is 0.786. The molecule has 2 rings (SSSR count). The van der Waals surface area contributed by atoms with Gasteiger partial charge in [0.05, 0.1) is 0 Å². The van der Waals surface area contributed by atoms with Crippen LogP contribution in [0.2, 0.25) is 0 Å². The van der Waals surface area contributed by atoms with E-state index in [-0.39, 0.29) is 36.5 Å². The van der Waals surface area contributed by atoms with Crippen molar-refractivity contribution in [1.29, 1.82) is 0 Å². The van der Waals surface area contributed by atoms with E-state index in [0.29, 0.717) is 11.5 Å². The van der Waals surface area contributed by atoms with Crippen molar-refractivity contribution >= 4 is 0 Å². The predicted octanol–water partition coefficient (Wildman–Crippen LogP) is 9.23. The van der Waals surface area contributed by atoms with Crippen LogP contribution >= 0.6 is 0 Å². The molecule has 2 nitrogen and oxygen atoms in total. The van der Waals surface area contributed by atoms with Gasteiger partial charge in [0.15, 0.2) is 0 Å². The van der Waals surface area contributed by atoms with Crippen molar-refractivity contribution in [3.05, 3.63) is 46.5 Å². The summed E-state index contributed by atoms with van der Waals surface area (Å²) in [5, 5.41) is 22.2. The van der Waals surface area contributed by atoms with Gasteiger partial charge in [-0.05, 0) is 57.1 Å². The maximum atomic E-state index is 11.1. The Morgan fingerprint density at radius 3 is 0.688 bits per heavy atom. The summed E-state index contributed by atoms with van der Waals surface area (Å²) in [4.78, 5) is 0. The Morgan fingerprint density at radius 1 is 0.406 bits per heavy atom. The van der Waals surface area contributed by atoms with Crippen LogP contribution in [0.3, 0.4) is 0 Å². The second kappa shape index (κ2) is 9.12. The number of benzene rings is 2. The SMILES string of the molecule is C.C.CC(C)(C)c1cc(-c2cc(C(C)(C)C)c(O)c(C(C)(C)C)c2)cc(C(C)(C)C)c1O. The molecule has 0 fully saturated rings. The molecular weight excluding hydrogens is 392 g/mol. The van der Waals surface area contributed by atoms with Crippen molar-refractivity contribution in [1.82, 2.24) is 0 Å². The van der Waals surface area contributed by atoms with Gasteiger partial charge < -0.3 is 10.2 Å². The molecule has 0 saturated carbocycles. The van der Waals surface area contributed by atoms with Crippen molar-refractivity contribution in [3.63, 3.8) is 0 Å². The van der Waals surface area contributed by atoms with E-state index < -0.39 is 0 Å². The average Bonchev–Trinajstić information content (AvgIpc) is 2.50. The molecule has 0 aliphatic heterocycles. The van der Waals surface area contributed by atoms with Crippen LogP contribution in [-0.2, 0) is 21.7 Å². The molecule has 0 atom stereocenters. The standard InChI is InChI=1S/C28H42O2.2CH4/c1-25(2,3)19-13-17(14-20(23(19)29)26(4,5)6)18-15-21(27(7,8)9)24(30)22(16-18)28(10,11)12;;/h13-16,29-30H,1-12H3;2*1H4. The molecule has 2 heteroatoms. The second-order valence-corrected chi connectivity index (χ2v) is 12.8. The maximum Gasteiger partial charge on any atom is 0.123 e. The van der Waals surface area contributed by atoms with E-state index >= 15 is 0 Å².